The second-order valence-corrected chi connectivity index (χ2v) is 6.44. The zero-order chi connectivity index (χ0) is 13.3. The van der Waals surface area contributed by atoms with Gasteiger partial charge in [0.25, 0.3) is 0 Å². The van der Waals surface area contributed by atoms with Crippen LogP contribution >= 0.6 is 0 Å². The number of rotatable bonds is 6. The number of hydrogen-bond acceptors (Lipinski definition) is 2. The first-order chi connectivity index (χ1) is 9.15. The Hall–Kier alpha value is -1.02. The smallest absolute Gasteiger partial charge is 0.120 e. The molecule has 104 valence electrons. The Bertz CT molecular complexity index is 426. The molecule has 0 amide bonds. The van der Waals surface area contributed by atoms with Crippen LogP contribution in [0.4, 0.5) is 0 Å². The van der Waals surface area contributed by atoms with Gasteiger partial charge in [-0.25, -0.2) is 0 Å². The molecule has 3 rings (SSSR count). The van der Waals surface area contributed by atoms with Crippen LogP contribution in [0.2, 0.25) is 0 Å². The first-order valence-corrected chi connectivity index (χ1v) is 7.66. The van der Waals surface area contributed by atoms with Crippen molar-refractivity contribution in [3.05, 3.63) is 29.3 Å². The van der Waals surface area contributed by atoms with Gasteiger partial charge in [-0.3, -0.25) is 0 Å². The van der Waals surface area contributed by atoms with Crippen LogP contribution in [0.5, 0.6) is 5.75 Å². The molecule has 0 aromatic heterocycles. The average Bonchev–Trinajstić information content (AvgIpc) is 3.08. The maximum atomic E-state index is 6.36. The lowest BCUT2D eigenvalue weighted by Gasteiger charge is -2.42. The summed E-state index contributed by atoms with van der Waals surface area (Å²) in [6.07, 6.45) is 7.62. The standard InChI is InChI=1S/C17H25NO/c1-13-10-14(2)12-16(11-13)19-17(6-3-7-17)8-9-18-15-4-5-15/h10-12,15,18H,3-9H2,1-2H3. The number of aryl methyl sites for hydroxylation is 2. The van der Waals surface area contributed by atoms with Crippen LogP contribution in [0.1, 0.15) is 49.7 Å². The highest BCUT2D eigenvalue weighted by atomic mass is 16.5. The highest BCUT2D eigenvalue weighted by Gasteiger charge is 2.39. The molecule has 2 aliphatic carbocycles. The molecule has 2 heteroatoms. The van der Waals surface area contributed by atoms with Crippen LogP contribution in [-0.4, -0.2) is 18.2 Å². The monoisotopic (exact) mass is 259 g/mol. The van der Waals surface area contributed by atoms with Crippen LogP contribution < -0.4 is 10.1 Å². The van der Waals surface area contributed by atoms with E-state index in [0.717, 1.165) is 24.8 Å². The van der Waals surface area contributed by atoms with Crippen molar-refractivity contribution >= 4 is 0 Å². The Kier molecular flexibility index (Phi) is 3.53. The van der Waals surface area contributed by atoms with Crippen molar-refractivity contribution < 1.29 is 4.74 Å². The van der Waals surface area contributed by atoms with Crippen molar-refractivity contribution in [2.24, 2.45) is 0 Å². The summed E-state index contributed by atoms with van der Waals surface area (Å²) in [4.78, 5) is 0. The van der Waals surface area contributed by atoms with Crippen LogP contribution in [0, 0.1) is 13.8 Å². The first-order valence-electron chi connectivity index (χ1n) is 7.66. The summed E-state index contributed by atoms with van der Waals surface area (Å²) in [7, 11) is 0. The minimum Gasteiger partial charge on any atom is -0.487 e. The molecular formula is C17H25NO. The van der Waals surface area contributed by atoms with Gasteiger partial charge >= 0.3 is 0 Å². The van der Waals surface area contributed by atoms with Gasteiger partial charge in [-0.1, -0.05) is 6.07 Å². The summed E-state index contributed by atoms with van der Waals surface area (Å²) in [5.41, 5.74) is 2.70. The second-order valence-electron chi connectivity index (χ2n) is 6.44. The third kappa shape index (κ3) is 3.30. The summed E-state index contributed by atoms with van der Waals surface area (Å²) in [5, 5.41) is 3.61. The van der Waals surface area contributed by atoms with Gasteiger partial charge in [0.1, 0.15) is 11.4 Å². The highest BCUT2D eigenvalue weighted by molar-refractivity contribution is 5.33. The summed E-state index contributed by atoms with van der Waals surface area (Å²) < 4.78 is 6.36. The first kappa shape index (κ1) is 13.0. The molecular weight excluding hydrogens is 234 g/mol. The van der Waals surface area contributed by atoms with Gasteiger partial charge in [-0.2, -0.15) is 0 Å². The van der Waals surface area contributed by atoms with Gasteiger partial charge in [0, 0.05) is 6.04 Å². The van der Waals surface area contributed by atoms with Crippen LogP contribution in [-0.2, 0) is 0 Å². The molecule has 0 aliphatic heterocycles. The van der Waals surface area contributed by atoms with Crippen molar-refractivity contribution in [2.75, 3.05) is 6.54 Å². The number of benzene rings is 1. The van der Waals surface area contributed by atoms with Gasteiger partial charge in [0.05, 0.1) is 0 Å². The Morgan fingerprint density at radius 3 is 2.37 bits per heavy atom. The van der Waals surface area contributed by atoms with Gasteiger partial charge in [0.15, 0.2) is 0 Å². The van der Waals surface area contributed by atoms with Crippen molar-refractivity contribution in [1.82, 2.24) is 5.32 Å². The highest BCUT2D eigenvalue weighted by Crippen LogP contribution is 2.39. The third-order valence-corrected chi connectivity index (χ3v) is 4.39. The summed E-state index contributed by atoms with van der Waals surface area (Å²) in [5.74, 6) is 1.06. The number of ether oxygens (including phenoxy) is 1. The molecule has 1 aromatic carbocycles. The molecule has 0 atom stereocenters. The van der Waals surface area contributed by atoms with E-state index in [1.165, 1.54) is 43.2 Å². The molecule has 2 fully saturated rings. The van der Waals surface area contributed by atoms with E-state index < -0.39 is 0 Å². The SMILES string of the molecule is Cc1cc(C)cc(OC2(CCNC3CC3)CCC2)c1. The maximum absolute atomic E-state index is 6.36. The van der Waals surface area contributed by atoms with Crippen molar-refractivity contribution in [1.29, 1.82) is 0 Å². The van der Waals surface area contributed by atoms with E-state index in [0.29, 0.717) is 0 Å². The minimum absolute atomic E-state index is 0.113. The zero-order valence-electron chi connectivity index (χ0n) is 12.2. The molecule has 0 saturated heterocycles. The van der Waals surface area contributed by atoms with Crippen molar-refractivity contribution in [2.45, 2.75) is 64.0 Å². The van der Waals surface area contributed by atoms with Gasteiger partial charge in [-0.15, -0.1) is 0 Å². The minimum atomic E-state index is 0.113. The topological polar surface area (TPSA) is 21.3 Å². The molecule has 2 nitrogen and oxygen atoms in total. The largest absolute Gasteiger partial charge is 0.487 e. The van der Waals surface area contributed by atoms with E-state index in [1.54, 1.807) is 0 Å². The van der Waals surface area contributed by atoms with E-state index in [9.17, 15) is 0 Å². The molecule has 0 unspecified atom stereocenters. The molecule has 0 radical (unpaired) electrons. The van der Waals surface area contributed by atoms with E-state index in [2.05, 4.69) is 37.4 Å². The predicted molar refractivity (Wildman–Crippen MR) is 78.8 cm³/mol. The summed E-state index contributed by atoms with van der Waals surface area (Å²) in [6.45, 7) is 5.39. The Balaban J connectivity index is 1.60. The molecule has 0 spiro atoms. The molecule has 0 heterocycles. The fourth-order valence-corrected chi connectivity index (χ4v) is 3.01. The fourth-order valence-electron chi connectivity index (χ4n) is 3.01. The van der Waals surface area contributed by atoms with E-state index in [4.69, 9.17) is 4.74 Å². The van der Waals surface area contributed by atoms with Crippen LogP contribution in [0.15, 0.2) is 18.2 Å². The van der Waals surface area contributed by atoms with Gasteiger partial charge in [0.2, 0.25) is 0 Å². The third-order valence-electron chi connectivity index (χ3n) is 4.39. The molecule has 1 aromatic rings. The van der Waals surface area contributed by atoms with Crippen molar-refractivity contribution in [3.63, 3.8) is 0 Å². The fraction of sp³-hybridized carbons (Fsp3) is 0.647. The summed E-state index contributed by atoms with van der Waals surface area (Å²) >= 11 is 0. The van der Waals surface area contributed by atoms with E-state index in [1.807, 2.05) is 0 Å². The predicted octanol–water partition coefficient (Wildman–Crippen LogP) is 3.75. The summed E-state index contributed by atoms with van der Waals surface area (Å²) in [6, 6.07) is 7.34. The van der Waals surface area contributed by atoms with Gasteiger partial charge < -0.3 is 10.1 Å². The second kappa shape index (κ2) is 5.16. The van der Waals surface area contributed by atoms with Crippen LogP contribution in [0.3, 0.4) is 0 Å². The molecule has 1 N–H and O–H groups in total. The lowest BCUT2D eigenvalue weighted by atomic mass is 9.77. The van der Waals surface area contributed by atoms with Crippen molar-refractivity contribution in [3.8, 4) is 5.75 Å². The Morgan fingerprint density at radius 2 is 1.84 bits per heavy atom. The van der Waals surface area contributed by atoms with E-state index >= 15 is 0 Å². The molecule has 2 aliphatic rings. The Morgan fingerprint density at radius 1 is 1.16 bits per heavy atom. The zero-order valence-corrected chi connectivity index (χ0v) is 12.2. The molecule has 0 bridgehead atoms. The van der Waals surface area contributed by atoms with Crippen LogP contribution in [0.25, 0.3) is 0 Å². The average molecular weight is 259 g/mol. The number of nitrogens with one attached hydrogen (secondary N) is 1. The lowest BCUT2D eigenvalue weighted by molar-refractivity contribution is -0.0143. The molecule has 2 saturated carbocycles. The lowest BCUT2D eigenvalue weighted by Crippen LogP contribution is -2.45. The van der Waals surface area contributed by atoms with Gasteiger partial charge in [-0.05, 0) is 82.2 Å². The quantitative estimate of drug-likeness (QED) is 0.840. The van der Waals surface area contributed by atoms with E-state index in [-0.39, 0.29) is 5.60 Å². The Labute approximate surface area is 116 Å². The molecule has 19 heavy (non-hydrogen) atoms. The normalized spacial score (nSPS) is 20.9. The maximum Gasteiger partial charge on any atom is 0.120 e. The number of hydrogen-bond donors (Lipinski definition) is 1.